The fourth-order valence-corrected chi connectivity index (χ4v) is 6.46. The molecule has 5 nitrogen and oxygen atoms in total. The predicted octanol–water partition coefficient (Wildman–Crippen LogP) is 6.03. The minimum atomic E-state index is -2.00. The monoisotopic (exact) mass is 502 g/mol. The van der Waals surface area contributed by atoms with Crippen LogP contribution in [0.1, 0.15) is 23.6 Å². The van der Waals surface area contributed by atoms with E-state index >= 15 is 0 Å². The number of fused-ring (bicyclic) bond motifs is 1. The number of rotatable bonds is 4. The Morgan fingerprint density at radius 2 is 1.94 bits per heavy atom. The number of anilines is 2. The molecule has 0 aliphatic carbocycles. The Bertz CT molecular complexity index is 1280. The first-order valence-corrected chi connectivity index (χ1v) is 14.3. The zero-order valence-corrected chi connectivity index (χ0v) is 20.5. The van der Waals surface area contributed by atoms with E-state index < -0.39 is 18.8 Å². The van der Waals surface area contributed by atoms with Gasteiger partial charge in [0.15, 0.2) is 0 Å². The van der Waals surface area contributed by atoms with Crippen molar-refractivity contribution in [3.63, 3.8) is 0 Å². The van der Waals surface area contributed by atoms with Crippen molar-refractivity contribution in [2.75, 3.05) is 48.8 Å². The maximum atomic E-state index is 14.4. The van der Waals surface area contributed by atoms with Crippen LogP contribution < -0.4 is 10.2 Å². The summed E-state index contributed by atoms with van der Waals surface area (Å²) in [4.78, 5) is 11.7. The number of hydrogen-bond acceptors (Lipinski definition) is 5. The number of nitrogens with zero attached hydrogens (tertiary/aromatic N) is 3. The summed E-state index contributed by atoms with van der Waals surface area (Å²) in [6.45, 7) is 4.11. The van der Waals surface area contributed by atoms with E-state index in [4.69, 9.17) is 16.6 Å². The molecule has 1 N–H and O–H groups in total. The van der Waals surface area contributed by atoms with Gasteiger partial charge in [-0.1, -0.05) is 23.7 Å². The van der Waals surface area contributed by atoms with Crippen LogP contribution in [-0.4, -0.2) is 48.6 Å². The van der Waals surface area contributed by atoms with Crippen molar-refractivity contribution in [3.05, 3.63) is 70.5 Å². The molecule has 5 rings (SSSR count). The molecule has 0 bridgehead atoms. The molecule has 0 spiro atoms. The quantitative estimate of drug-likeness (QED) is 0.349. The minimum absolute atomic E-state index is 0.138. The van der Waals surface area contributed by atoms with Gasteiger partial charge in [0.2, 0.25) is 0 Å². The fourth-order valence-electron chi connectivity index (χ4n) is 4.67. The molecule has 3 heterocycles. The highest BCUT2D eigenvalue weighted by atomic mass is 35.5. The predicted molar refractivity (Wildman–Crippen MR) is 134 cm³/mol. The number of nitrogens with one attached hydrogen (secondary N) is 1. The van der Waals surface area contributed by atoms with Crippen LogP contribution in [0.15, 0.2) is 42.6 Å². The van der Waals surface area contributed by atoms with Crippen molar-refractivity contribution >= 4 is 30.2 Å². The molecule has 0 saturated carbocycles. The molecule has 1 aromatic heterocycles. The van der Waals surface area contributed by atoms with Crippen LogP contribution in [0, 0.1) is 11.6 Å². The van der Waals surface area contributed by atoms with E-state index in [1.807, 2.05) is 18.8 Å². The lowest BCUT2D eigenvalue weighted by atomic mass is 9.90. The molecule has 34 heavy (non-hydrogen) atoms. The molecule has 0 amide bonds. The summed E-state index contributed by atoms with van der Waals surface area (Å²) in [5, 5.41) is 3.09. The van der Waals surface area contributed by atoms with E-state index in [0.29, 0.717) is 18.8 Å². The topological polar surface area (TPSA) is 58.1 Å². The lowest BCUT2D eigenvalue weighted by Crippen LogP contribution is -2.34. The summed E-state index contributed by atoms with van der Waals surface area (Å²) in [6, 6.07) is 10.3. The summed E-state index contributed by atoms with van der Waals surface area (Å²) in [5.41, 5.74) is 3.63. The minimum Gasteiger partial charge on any atom is -0.371 e. The first-order valence-electron chi connectivity index (χ1n) is 11.4. The van der Waals surface area contributed by atoms with Crippen molar-refractivity contribution in [1.29, 1.82) is 0 Å². The van der Waals surface area contributed by atoms with Gasteiger partial charge < -0.3 is 14.8 Å². The third-order valence-corrected chi connectivity index (χ3v) is 9.45. The molecule has 178 valence electrons. The molecule has 1 fully saturated rings. The number of benzene rings is 2. The van der Waals surface area contributed by atoms with Crippen molar-refractivity contribution in [1.82, 2.24) is 9.97 Å². The lowest BCUT2D eigenvalue weighted by molar-refractivity contribution is 0.550. The maximum absolute atomic E-state index is 14.4. The molecule has 3 aromatic rings. The lowest BCUT2D eigenvalue weighted by Gasteiger charge is -2.32. The zero-order valence-electron chi connectivity index (χ0n) is 18.9. The van der Waals surface area contributed by atoms with Gasteiger partial charge in [-0.2, -0.15) is 0 Å². The molecule has 9 heteroatoms. The first kappa shape index (κ1) is 23.3. The summed E-state index contributed by atoms with van der Waals surface area (Å²) < 4.78 is 40.8. The van der Waals surface area contributed by atoms with Crippen molar-refractivity contribution < 1.29 is 13.3 Å². The van der Waals surface area contributed by atoms with Gasteiger partial charge in [-0.3, -0.25) is 0 Å². The number of aromatic nitrogens is 2. The average molecular weight is 503 g/mol. The maximum Gasteiger partial charge on any atom is 0.148 e. The fraction of sp³-hybridized carbons (Fsp3) is 0.360. The Morgan fingerprint density at radius 3 is 2.74 bits per heavy atom. The second-order valence-corrected chi connectivity index (χ2v) is 13.1. The summed E-state index contributed by atoms with van der Waals surface area (Å²) in [5.74, 6) is -0.609. The van der Waals surface area contributed by atoms with Crippen molar-refractivity contribution in [2.24, 2.45) is 0 Å². The van der Waals surface area contributed by atoms with Gasteiger partial charge in [-0.15, -0.1) is 0 Å². The van der Waals surface area contributed by atoms with Crippen molar-refractivity contribution in [3.8, 4) is 11.3 Å². The van der Waals surface area contributed by atoms with E-state index in [1.54, 1.807) is 6.20 Å². The molecule has 1 unspecified atom stereocenters. The highest BCUT2D eigenvalue weighted by molar-refractivity contribution is 7.63. The molecule has 2 aliphatic rings. The van der Waals surface area contributed by atoms with Gasteiger partial charge in [-0.05, 0) is 43.8 Å². The second kappa shape index (κ2) is 9.27. The van der Waals surface area contributed by atoms with Crippen LogP contribution in [0.25, 0.3) is 11.3 Å². The Labute approximate surface area is 202 Å². The van der Waals surface area contributed by atoms with Crippen molar-refractivity contribution in [2.45, 2.75) is 18.8 Å². The SMILES string of the molecule is CP1(=O)CCN(c2cccc(-c3cnc4c(n3)C(Cc3c(F)ccc(F)c3Cl)CCN4)c2)CC1. The third-order valence-electron chi connectivity index (χ3n) is 6.75. The molecular formula is C25H26ClF2N4OP. The standard InChI is InChI=1S/C25H26ClF2N4OP/c1-34(33)11-9-32(10-12-34)18-4-2-3-16(13-18)22-15-30-25-24(31-22)17(7-8-29-25)14-19-20(27)5-6-21(28)23(19)26/h2-6,13,15,17H,7-12,14H2,1H3,(H,29,30). The molecule has 2 aromatic carbocycles. The zero-order chi connectivity index (χ0) is 23.9. The largest absolute Gasteiger partial charge is 0.371 e. The van der Waals surface area contributed by atoms with Gasteiger partial charge in [0.1, 0.15) is 17.5 Å². The van der Waals surface area contributed by atoms with Gasteiger partial charge >= 0.3 is 0 Å². The Hall–Kier alpha value is -2.50. The molecule has 0 radical (unpaired) electrons. The Kier molecular flexibility index (Phi) is 6.34. The van der Waals surface area contributed by atoms with Crippen LogP contribution in [-0.2, 0) is 11.0 Å². The van der Waals surface area contributed by atoms with Gasteiger partial charge in [0.25, 0.3) is 0 Å². The summed E-state index contributed by atoms with van der Waals surface area (Å²) in [7, 11) is -2.00. The van der Waals surface area contributed by atoms with E-state index in [-0.39, 0.29) is 22.9 Å². The van der Waals surface area contributed by atoms with E-state index in [9.17, 15) is 13.3 Å². The normalized spacial score (nSPS) is 19.4. The van der Waals surface area contributed by atoms with Crippen LogP contribution >= 0.6 is 18.7 Å². The number of hydrogen-bond donors (Lipinski definition) is 1. The Morgan fingerprint density at radius 1 is 1.18 bits per heavy atom. The van der Waals surface area contributed by atoms with E-state index in [0.717, 1.165) is 60.2 Å². The highest BCUT2D eigenvalue weighted by Gasteiger charge is 2.27. The van der Waals surface area contributed by atoms with Gasteiger partial charge in [0.05, 0.1) is 29.7 Å². The van der Waals surface area contributed by atoms with E-state index in [1.165, 1.54) is 0 Å². The van der Waals surface area contributed by atoms with Crippen LogP contribution in [0.4, 0.5) is 20.3 Å². The van der Waals surface area contributed by atoms with Crippen LogP contribution in [0.5, 0.6) is 0 Å². The molecular weight excluding hydrogens is 477 g/mol. The smallest absolute Gasteiger partial charge is 0.148 e. The molecule has 2 aliphatic heterocycles. The molecule has 1 atom stereocenters. The van der Waals surface area contributed by atoms with Crippen LogP contribution in [0.2, 0.25) is 5.02 Å². The van der Waals surface area contributed by atoms with Gasteiger partial charge in [0, 0.05) is 54.7 Å². The summed E-state index contributed by atoms with van der Waals surface area (Å²) in [6.07, 6.45) is 4.15. The molecule has 1 saturated heterocycles. The number of halogens is 3. The third kappa shape index (κ3) is 4.69. The first-order chi connectivity index (χ1) is 16.3. The average Bonchev–Trinajstić information content (AvgIpc) is 2.84. The van der Waals surface area contributed by atoms with Crippen LogP contribution in [0.3, 0.4) is 0 Å². The second-order valence-electron chi connectivity index (χ2n) is 9.21. The highest BCUT2D eigenvalue weighted by Crippen LogP contribution is 2.44. The van der Waals surface area contributed by atoms with E-state index in [2.05, 4.69) is 27.3 Å². The Balaban J connectivity index is 1.44. The van der Waals surface area contributed by atoms with Gasteiger partial charge in [-0.25, -0.2) is 18.7 Å². The summed E-state index contributed by atoms with van der Waals surface area (Å²) >= 11 is 6.09.